The van der Waals surface area contributed by atoms with Gasteiger partial charge in [0.15, 0.2) is 5.54 Å². The van der Waals surface area contributed by atoms with Gasteiger partial charge in [0, 0.05) is 5.92 Å². The third-order valence-electron chi connectivity index (χ3n) is 6.91. The molecule has 4 N–H and O–H groups in total. The standard InChI is InChI=1S/C30H32N2O7/c1-19(38-16-20-10-4-3-5-11-20)26(27(34)32-30(2,18-33)28(35)36)31-29(37)39-17-25-23-14-8-6-12-21(23)22-13-7-9-15-24(22)25/h3-15,19,25-26,33H,16-18H2,1-2H3,(H,31,37)(H,32,34)(H,35,36). The van der Waals surface area contributed by atoms with Gasteiger partial charge < -0.3 is 30.3 Å². The molecule has 3 aromatic carbocycles. The van der Waals surface area contributed by atoms with Crippen molar-refractivity contribution >= 4 is 18.0 Å². The molecule has 0 heterocycles. The zero-order chi connectivity index (χ0) is 28.0. The van der Waals surface area contributed by atoms with Gasteiger partial charge in [-0.25, -0.2) is 9.59 Å². The third kappa shape index (κ3) is 6.27. The highest BCUT2D eigenvalue weighted by molar-refractivity contribution is 5.91. The molecular weight excluding hydrogens is 500 g/mol. The van der Waals surface area contributed by atoms with Crippen LogP contribution in [0.5, 0.6) is 0 Å². The van der Waals surface area contributed by atoms with Gasteiger partial charge in [0.2, 0.25) is 5.91 Å². The van der Waals surface area contributed by atoms with Crippen molar-refractivity contribution in [3.05, 3.63) is 95.6 Å². The molecule has 9 nitrogen and oxygen atoms in total. The zero-order valence-corrected chi connectivity index (χ0v) is 21.8. The van der Waals surface area contributed by atoms with E-state index in [2.05, 4.69) is 10.6 Å². The van der Waals surface area contributed by atoms with E-state index in [1.54, 1.807) is 6.92 Å². The summed E-state index contributed by atoms with van der Waals surface area (Å²) in [6, 6.07) is 23.8. The molecule has 0 aromatic heterocycles. The van der Waals surface area contributed by atoms with Crippen LogP contribution in [0, 0.1) is 0 Å². The number of carboxylic acid groups (broad SMARTS) is 1. The molecule has 0 fully saturated rings. The fourth-order valence-corrected chi connectivity index (χ4v) is 4.57. The van der Waals surface area contributed by atoms with Gasteiger partial charge >= 0.3 is 12.1 Å². The SMILES string of the molecule is CC(OCc1ccccc1)C(NC(=O)OCC1c2ccccc2-c2ccccc21)C(=O)NC(C)(CO)C(=O)O. The first kappa shape index (κ1) is 27.8. The maximum absolute atomic E-state index is 13.2. The summed E-state index contributed by atoms with van der Waals surface area (Å²) in [5.41, 5.74) is 3.16. The van der Waals surface area contributed by atoms with Crippen LogP contribution in [0.25, 0.3) is 11.1 Å². The molecule has 0 aliphatic heterocycles. The molecule has 0 spiro atoms. The second-order valence-electron chi connectivity index (χ2n) is 9.73. The van der Waals surface area contributed by atoms with E-state index in [1.807, 2.05) is 78.9 Å². The average Bonchev–Trinajstić information content (AvgIpc) is 3.27. The molecule has 0 radical (unpaired) electrons. The summed E-state index contributed by atoms with van der Waals surface area (Å²) in [5.74, 6) is -2.43. The molecule has 1 aliphatic rings. The quantitative estimate of drug-likeness (QED) is 0.297. The second kappa shape index (κ2) is 12.1. The van der Waals surface area contributed by atoms with Crippen molar-refractivity contribution in [2.75, 3.05) is 13.2 Å². The fraction of sp³-hybridized carbons (Fsp3) is 0.300. The van der Waals surface area contributed by atoms with Crippen LogP contribution in [0.3, 0.4) is 0 Å². The Bertz CT molecular complexity index is 1280. The molecule has 3 atom stereocenters. The lowest BCUT2D eigenvalue weighted by molar-refractivity contribution is -0.149. The topological polar surface area (TPSA) is 134 Å². The number of benzene rings is 3. The molecular formula is C30H32N2O7. The number of carbonyl (C=O) groups is 3. The number of carbonyl (C=O) groups excluding carboxylic acids is 2. The number of fused-ring (bicyclic) bond motifs is 3. The molecule has 0 saturated carbocycles. The Morgan fingerprint density at radius 1 is 0.923 bits per heavy atom. The van der Waals surface area contributed by atoms with Crippen molar-refractivity contribution in [2.24, 2.45) is 0 Å². The van der Waals surface area contributed by atoms with Crippen LogP contribution in [0.1, 0.15) is 36.5 Å². The van der Waals surface area contributed by atoms with Crippen molar-refractivity contribution in [1.82, 2.24) is 10.6 Å². The van der Waals surface area contributed by atoms with Gasteiger partial charge in [-0.05, 0) is 41.7 Å². The molecule has 2 amide bonds. The van der Waals surface area contributed by atoms with Crippen LogP contribution in [-0.4, -0.2) is 59.1 Å². The second-order valence-corrected chi connectivity index (χ2v) is 9.73. The van der Waals surface area contributed by atoms with Gasteiger partial charge in [-0.3, -0.25) is 4.79 Å². The summed E-state index contributed by atoms with van der Waals surface area (Å²) in [4.78, 5) is 37.8. The minimum atomic E-state index is -1.95. The Hall–Kier alpha value is -4.21. The lowest BCUT2D eigenvalue weighted by Gasteiger charge is -2.29. The van der Waals surface area contributed by atoms with Crippen LogP contribution in [0.15, 0.2) is 78.9 Å². The van der Waals surface area contributed by atoms with Crippen molar-refractivity contribution in [3.8, 4) is 11.1 Å². The maximum Gasteiger partial charge on any atom is 0.407 e. The van der Waals surface area contributed by atoms with Gasteiger partial charge in [0.05, 0.1) is 19.3 Å². The number of aliphatic hydroxyl groups excluding tert-OH is 1. The number of carboxylic acids is 1. The molecule has 9 heteroatoms. The van der Waals surface area contributed by atoms with Crippen LogP contribution in [0.4, 0.5) is 4.79 Å². The number of nitrogens with one attached hydrogen (secondary N) is 2. The first-order chi connectivity index (χ1) is 18.7. The Morgan fingerprint density at radius 3 is 2.05 bits per heavy atom. The average molecular weight is 533 g/mol. The first-order valence-electron chi connectivity index (χ1n) is 12.7. The number of aliphatic hydroxyl groups is 1. The summed E-state index contributed by atoms with van der Waals surface area (Å²) in [6.45, 7) is 2.12. The van der Waals surface area contributed by atoms with Crippen LogP contribution < -0.4 is 10.6 Å². The highest BCUT2D eigenvalue weighted by Crippen LogP contribution is 2.44. The minimum Gasteiger partial charge on any atom is -0.479 e. The summed E-state index contributed by atoms with van der Waals surface area (Å²) < 4.78 is 11.4. The molecule has 1 aliphatic carbocycles. The number of rotatable bonds is 11. The van der Waals surface area contributed by atoms with E-state index < -0.39 is 42.3 Å². The molecule has 0 bridgehead atoms. The molecule has 0 saturated heterocycles. The number of hydrogen-bond donors (Lipinski definition) is 4. The van der Waals surface area contributed by atoms with E-state index in [0.29, 0.717) is 0 Å². The number of amides is 2. The van der Waals surface area contributed by atoms with Crippen molar-refractivity contribution in [1.29, 1.82) is 0 Å². The van der Waals surface area contributed by atoms with E-state index in [1.165, 1.54) is 6.92 Å². The maximum atomic E-state index is 13.2. The molecule has 3 aromatic rings. The summed E-state index contributed by atoms with van der Waals surface area (Å²) in [7, 11) is 0. The zero-order valence-electron chi connectivity index (χ0n) is 21.8. The summed E-state index contributed by atoms with van der Waals surface area (Å²) in [6.07, 6.45) is -1.71. The van der Waals surface area contributed by atoms with E-state index in [4.69, 9.17) is 9.47 Å². The van der Waals surface area contributed by atoms with Crippen molar-refractivity contribution in [3.63, 3.8) is 0 Å². The van der Waals surface area contributed by atoms with Gasteiger partial charge in [0.1, 0.15) is 12.6 Å². The largest absolute Gasteiger partial charge is 0.479 e. The Balaban J connectivity index is 1.47. The van der Waals surface area contributed by atoms with E-state index in [9.17, 15) is 24.6 Å². The molecule has 3 unspecified atom stereocenters. The summed E-state index contributed by atoms with van der Waals surface area (Å²) >= 11 is 0. The molecule has 204 valence electrons. The highest BCUT2D eigenvalue weighted by atomic mass is 16.5. The predicted molar refractivity (Wildman–Crippen MR) is 144 cm³/mol. The van der Waals surface area contributed by atoms with Crippen LogP contribution in [-0.2, 0) is 25.7 Å². The van der Waals surface area contributed by atoms with E-state index >= 15 is 0 Å². The normalized spacial score (nSPS) is 15.3. The fourth-order valence-electron chi connectivity index (χ4n) is 4.57. The molecule has 4 rings (SSSR count). The van der Waals surface area contributed by atoms with Crippen LogP contribution in [0.2, 0.25) is 0 Å². The third-order valence-corrected chi connectivity index (χ3v) is 6.91. The van der Waals surface area contributed by atoms with E-state index in [0.717, 1.165) is 27.8 Å². The first-order valence-corrected chi connectivity index (χ1v) is 12.7. The van der Waals surface area contributed by atoms with Gasteiger partial charge in [0.25, 0.3) is 0 Å². The lowest BCUT2D eigenvalue weighted by Crippen LogP contribution is -2.62. The number of hydrogen-bond acceptors (Lipinski definition) is 6. The highest BCUT2D eigenvalue weighted by Gasteiger charge is 2.39. The lowest BCUT2D eigenvalue weighted by atomic mass is 9.98. The number of aliphatic carboxylic acids is 1. The van der Waals surface area contributed by atoms with Gasteiger partial charge in [-0.1, -0.05) is 78.9 Å². The smallest absolute Gasteiger partial charge is 0.407 e. The van der Waals surface area contributed by atoms with Gasteiger partial charge in [-0.15, -0.1) is 0 Å². The van der Waals surface area contributed by atoms with Gasteiger partial charge in [-0.2, -0.15) is 0 Å². The minimum absolute atomic E-state index is 0.0386. The van der Waals surface area contributed by atoms with Crippen LogP contribution >= 0.6 is 0 Å². The van der Waals surface area contributed by atoms with Crippen molar-refractivity contribution < 1.29 is 34.1 Å². The Morgan fingerprint density at radius 2 is 1.49 bits per heavy atom. The van der Waals surface area contributed by atoms with E-state index in [-0.39, 0.29) is 19.1 Å². The van der Waals surface area contributed by atoms with Crippen molar-refractivity contribution in [2.45, 2.75) is 44.1 Å². The number of ether oxygens (including phenoxy) is 2. The summed E-state index contributed by atoms with van der Waals surface area (Å²) in [5, 5.41) is 23.9. The Labute approximate surface area is 226 Å². The predicted octanol–water partition coefficient (Wildman–Crippen LogP) is 3.45. The Kier molecular flexibility index (Phi) is 8.63. The molecule has 39 heavy (non-hydrogen) atoms. The monoisotopic (exact) mass is 532 g/mol. The number of alkyl carbamates (subject to hydrolysis) is 1.